The van der Waals surface area contributed by atoms with Gasteiger partial charge in [-0.3, -0.25) is 0 Å². The predicted molar refractivity (Wildman–Crippen MR) is 140 cm³/mol. The first-order chi connectivity index (χ1) is 20.5. The minimum atomic E-state index is -2.82. The summed E-state index contributed by atoms with van der Waals surface area (Å²) < 4.78 is 102. The molecule has 3 heterocycles. The van der Waals surface area contributed by atoms with E-state index in [1.807, 2.05) is 0 Å². The third-order valence-electron chi connectivity index (χ3n) is 6.26. The summed E-state index contributed by atoms with van der Waals surface area (Å²) in [6.07, 6.45) is 3.29. The second-order valence-corrected chi connectivity index (χ2v) is 8.78. The van der Waals surface area contributed by atoms with Crippen molar-refractivity contribution in [3.63, 3.8) is 0 Å². The number of rotatable bonds is 4. The van der Waals surface area contributed by atoms with E-state index in [-0.39, 0.29) is 33.7 Å². The lowest BCUT2D eigenvalue weighted by Gasteiger charge is -2.18. The van der Waals surface area contributed by atoms with Crippen LogP contribution in [0.3, 0.4) is 0 Å². The molecule has 5 aromatic rings. The molecule has 0 spiro atoms. The molecule has 5 rings (SSSR count). The van der Waals surface area contributed by atoms with E-state index in [9.17, 15) is 0 Å². The van der Waals surface area contributed by atoms with Crippen LogP contribution >= 0.6 is 0 Å². The Labute approximate surface area is 217 Å². The third-order valence-corrected chi connectivity index (χ3v) is 6.26. The van der Waals surface area contributed by atoms with Gasteiger partial charge in [0.25, 0.3) is 5.82 Å². The maximum Gasteiger partial charge on any atom is 0.297 e. The summed E-state index contributed by atoms with van der Waals surface area (Å²) in [5.74, 6) is -4.03. The molecule has 3 aromatic heterocycles. The standard InChI is InChI=1S/C30H34N3O/c1-17(2)22-10-9-11-23(18(3)4)27(22)33-15-14-32(8)30(33)26-20(6)16-19(5)25-24-13-12-21(7)31-29(24)34-28(25)26/h9-18H,1-8H3/q+1/i1D3,3D3,5D3,17D,18D. The van der Waals surface area contributed by atoms with Crippen LogP contribution in [0.5, 0.6) is 0 Å². The van der Waals surface area contributed by atoms with E-state index in [0.717, 1.165) is 0 Å². The summed E-state index contributed by atoms with van der Waals surface area (Å²) in [5, 5.41) is 0.854. The lowest BCUT2D eigenvalue weighted by Crippen LogP contribution is -2.29. The average Bonchev–Trinajstić information content (AvgIpc) is 3.45. The van der Waals surface area contributed by atoms with Gasteiger partial charge in [-0.05, 0) is 55.7 Å². The van der Waals surface area contributed by atoms with Crippen molar-refractivity contribution in [2.24, 2.45) is 7.05 Å². The van der Waals surface area contributed by atoms with Gasteiger partial charge < -0.3 is 4.42 Å². The highest BCUT2D eigenvalue weighted by Crippen LogP contribution is 2.40. The zero-order chi connectivity index (χ0) is 33.7. The Morgan fingerprint density at radius 1 is 1.06 bits per heavy atom. The Balaban J connectivity index is 1.99. The van der Waals surface area contributed by atoms with Crippen molar-refractivity contribution in [1.29, 1.82) is 0 Å². The maximum atomic E-state index is 9.04. The van der Waals surface area contributed by atoms with Gasteiger partial charge in [0.2, 0.25) is 5.71 Å². The number of para-hydroxylation sites is 1. The normalized spacial score (nSPS) is 21.4. The molecule has 0 fully saturated rings. The summed E-state index contributed by atoms with van der Waals surface area (Å²) in [7, 11) is 1.73. The summed E-state index contributed by atoms with van der Waals surface area (Å²) >= 11 is 0. The van der Waals surface area contributed by atoms with Crippen LogP contribution in [0.2, 0.25) is 0 Å². The highest BCUT2D eigenvalue weighted by Gasteiger charge is 2.30. The van der Waals surface area contributed by atoms with Crippen LogP contribution in [-0.4, -0.2) is 9.55 Å². The van der Waals surface area contributed by atoms with Crippen LogP contribution in [0.25, 0.3) is 39.1 Å². The van der Waals surface area contributed by atoms with Crippen molar-refractivity contribution >= 4 is 22.1 Å². The second-order valence-electron chi connectivity index (χ2n) is 8.78. The highest BCUT2D eigenvalue weighted by atomic mass is 16.3. The molecule has 174 valence electrons. The highest BCUT2D eigenvalue weighted by molar-refractivity contribution is 6.10. The molecule has 34 heavy (non-hydrogen) atoms. The molecule has 2 aromatic carbocycles. The van der Waals surface area contributed by atoms with E-state index in [0.29, 0.717) is 33.4 Å². The van der Waals surface area contributed by atoms with Gasteiger partial charge in [0.05, 0.1) is 7.05 Å². The van der Waals surface area contributed by atoms with Crippen LogP contribution in [0.15, 0.2) is 53.2 Å². The van der Waals surface area contributed by atoms with Gasteiger partial charge in [0.1, 0.15) is 23.6 Å². The molecule has 0 aliphatic rings. The van der Waals surface area contributed by atoms with E-state index >= 15 is 0 Å². The SMILES string of the molecule is [2H]C([2H])([2H])c1cc(C)c(-c2n(-c3c(C([2H])(C)C([2H])([2H])[2H])cccc3C([2H])(C)C([2H])([2H])[2H])cc[n+]2C)c2oc3nc(C)ccc3c12. The summed E-state index contributed by atoms with van der Waals surface area (Å²) in [6.45, 7) is -2.13. The van der Waals surface area contributed by atoms with Gasteiger partial charge in [-0.1, -0.05) is 51.8 Å². The quantitative estimate of drug-likeness (QED) is 0.260. The molecule has 0 bridgehead atoms. The fraction of sp³-hybridized carbons (Fsp3) is 0.333. The van der Waals surface area contributed by atoms with Crippen molar-refractivity contribution < 1.29 is 24.1 Å². The Morgan fingerprint density at radius 2 is 1.79 bits per heavy atom. The molecule has 0 aliphatic heterocycles. The first kappa shape index (κ1) is 12.9. The van der Waals surface area contributed by atoms with Crippen molar-refractivity contribution in [2.75, 3.05) is 0 Å². The minimum Gasteiger partial charge on any atom is -0.437 e. The molecule has 4 nitrogen and oxygen atoms in total. The van der Waals surface area contributed by atoms with Gasteiger partial charge in [0, 0.05) is 42.7 Å². The molecule has 0 aliphatic carbocycles. The Hall–Kier alpha value is -3.40. The summed E-state index contributed by atoms with van der Waals surface area (Å²) in [4.78, 5) is 4.50. The number of imidazole rings is 1. The van der Waals surface area contributed by atoms with E-state index in [1.165, 1.54) is 32.0 Å². The average molecular weight is 464 g/mol. The first-order valence-electron chi connectivity index (χ1n) is 16.6. The Kier molecular flexibility index (Phi) is 3.08. The number of benzene rings is 2. The number of furan rings is 1. The molecule has 2 unspecified atom stereocenters. The molecule has 0 saturated carbocycles. The molecule has 4 heteroatoms. The summed E-state index contributed by atoms with van der Waals surface area (Å²) in [5.41, 5.74) is 2.26. The van der Waals surface area contributed by atoms with Gasteiger partial charge in [-0.25, -0.2) is 9.55 Å². The van der Waals surface area contributed by atoms with Crippen molar-refractivity contribution in [1.82, 2.24) is 9.55 Å². The van der Waals surface area contributed by atoms with Crippen LogP contribution in [-0.2, 0) is 7.05 Å². The summed E-state index contributed by atoms with van der Waals surface area (Å²) in [6, 6.07) is 9.48. The Morgan fingerprint density at radius 3 is 2.47 bits per heavy atom. The lowest BCUT2D eigenvalue weighted by atomic mass is 9.92. The number of aryl methyl sites for hydroxylation is 4. The minimum absolute atomic E-state index is 0.00455. The molecular weight excluding hydrogens is 418 g/mol. The monoisotopic (exact) mass is 463 g/mol. The van der Waals surface area contributed by atoms with Crippen LogP contribution in [0, 0.1) is 20.7 Å². The number of pyridine rings is 1. The number of fused-ring (bicyclic) bond motifs is 3. The number of aromatic nitrogens is 3. The topological polar surface area (TPSA) is 34.8 Å². The van der Waals surface area contributed by atoms with Crippen molar-refractivity contribution in [3.05, 3.63) is 76.7 Å². The number of hydrogen-bond acceptors (Lipinski definition) is 2. The second kappa shape index (κ2) is 8.12. The van der Waals surface area contributed by atoms with E-state index in [2.05, 4.69) is 4.98 Å². The van der Waals surface area contributed by atoms with Crippen molar-refractivity contribution in [3.8, 4) is 17.1 Å². The van der Waals surface area contributed by atoms with Gasteiger partial charge in [-0.15, -0.1) is 0 Å². The zero-order valence-electron chi connectivity index (χ0n) is 30.9. The van der Waals surface area contributed by atoms with E-state index in [4.69, 9.17) is 19.5 Å². The number of hydrogen-bond donors (Lipinski definition) is 0. The molecule has 0 saturated heterocycles. The van der Waals surface area contributed by atoms with E-state index < -0.39 is 32.3 Å². The van der Waals surface area contributed by atoms with E-state index in [1.54, 1.807) is 60.6 Å². The van der Waals surface area contributed by atoms with Crippen LogP contribution in [0.4, 0.5) is 0 Å². The van der Waals surface area contributed by atoms with Crippen LogP contribution < -0.4 is 4.57 Å². The third kappa shape index (κ3) is 3.35. The molecule has 0 N–H and O–H groups in total. The largest absolute Gasteiger partial charge is 0.437 e. The maximum absolute atomic E-state index is 9.04. The molecule has 0 amide bonds. The smallest absolute Gasteiger partial charge is 0.297 e. The fourth-order valence-corrected chi connectivity index (χ4v) is 4.70. The Bertz CT molecular complexity index is 1910. The molecular formula is C30H34N3O+. The fourth-order valence-electron chi connectivity index (χ4n) is 4.70. The van der Waals surface area contributed by atoms with Crippen LogP contribution in [0.1, 0.15) is 82.4 Å². The number of nitrogens with zero attached hydrogens (tertiary/aromatic N) is 3. The molecule has 0 radical (unpaired) electrons. The first-order valence-corrected chi connectivity index (χ1v) is 11.1. The van der Waals surface area contributed by atoms with Gasteiger partial charge in [0.15, 0.2) is 5.58 Å². The zero-order valence-corrected chi connectivity index (χ0v) is 19.9. The van der Waals surface area contributed by atoms with Crippen molar-refractivity contribution in [2.45, 2.75) is 60.0 Å². The predicted octanol–water partition coefficient (Wildman–Crippen LogP) is 7.44. The van der Waals surface area contributed by atoms with Gasteiger partial charge >= 0.3 is 0 Å². The van der Waals surface area contributed by atoms with Gasteiger partial charge in [-0.2, -0.15) is 4.57 Å². The molecule has 2 atom stereocenters. The lowest BCUT2D eigenvalue weighted by molar-refractivity contribution is -0.659.